The molecule has 148 valence electrons. The van der Waals surface area contributed by atoms with E-state index in [-0.39, 0.29) is 22.2 Å². The van der Waals surface area contributed by atoms with E-state index in [1.165, 1.54) is 12.1 Å². The van der Waals surface area contributed by atoms with Crippen molar-refractivity contribution >= 4 is 19.8 Å². The van der Waals surface area contributed by atoms with Crippen molar-refractivity contribution in [1.82, 2.24) is 14.4 Å². The summed E-state index contributed by atoms with van der Waals surface area (Å²) in [6.45, 7) is 5.42. The molecule has 0 aliphatic heterocycles. The fourth-order valence-electron chi connectivity index (χ4n) is 3.43. The van der Waals surface area contributed by atoms with Crippen molar-refractivity contribution in [2.75, 3.05) is 0 Å². The Kier molecular flexibility index (Phi) is 5.63. The standard InChI is InChI=1S/C18H23F2N3O2S2/c1-12(2)15-6-4-5-7-16-17(18(15,19)20)21-22-23(16)26-27(24,25)14-10-8-13(3)9-11-14/h8-12,15H,4-7H2,1-3H3. The lowest BCUT2D eigenvalue weighted by Crippen LogP contribution is -2.32. The van der Waals surface area contributed by atoms with Crippen LogP contribution < -0.4 is 0 Å². The van der Waals surface area contributed by atoms with Gasteiger partial charge in [-0.15, -0.1) is 5.10 Å². The van der Waals surface area contributed by atoms with Gasteiger partial charge in [0.2, 0.25) is 0 Å². The van der Waals surface area contributed by atoms with Crippen LogP contribution in [0.3, 0.4) is 0 Å². The Bertz CT molecular complexity index is 909. The Morgan fingerprint density at radius 2 is 1.89 bits per heavy atom. The molecule has 27 heavy (non-hydrogen) atoms. The molecule has 3 rings (SSSR count). The number of alkyl halides is 2. The Labute approximate surface area is 162 Å². The summed E-state index contributed by atoms with van der Waals surface area (Å²) >= 11 is 0. The average Bonchev–Trinajstić information content (AvgIpc) is 2.95. The molecule has 1 atom stereocenters. The molecule has 0 N–H and O–H groups in total. The van der Waals surface area contributed by atoms with E-state index in [2.05, 4.69) is 10.3 Å². The maximum atomic E-state index is 15.1. The van der Waals surface area contributed by atoms with Gasteiger partial charge >= 0.3 is 0 Å². The van der Waals surface area contributed by atoms with Crippen molar-refractivity contribution in [1.29, 1.82) is 0 Å². The minimum Gasteiger partial charge on any atom is -0.210 e. The average molecular weight is 416 g/mol. The quantitative estimate of drug-likeness (QED) is 0.685. The highest BCUT2D eigenvalue weighted by Crippen LogP contribution is 2.45. The summed E-state index contributed by atoms with van der Waals surface area (Å²) in [5.74, 6) is -4.17. The van der Waals surface area contributed by atoms with E-state index in [1.807, 2.05) is 6.92 Å². The molecule has 1 aliphatic rings. The molecule has 0 bridgehead atoms. The molecule has 0 saturated heterocycles. The van der Waals surface area contributed by atoms with Gasteiger partial charge in [-0.1, -0.05) is 43.2 Å². The lowest BCUT2D eigenvalue weighted by atomic mass is 9.81. The summed E-state index contributed by atoms with van der Waals surface area (Å²) in [6, 6.07) is 6.39. The zero-order chi connectivity index (χ0) is 19.8. The van der Waals surface area contributed by atoms with E-state index in [0.717, 1.165) is 9.65 Å². The van der Waals surface area contributed by atoms with Crippen LogP contribution in [0.1, 0.15) is 50.1 Å². The summed E-state index contributed by atoms with van der Waals surface area (Å²) in [5.41, 5.74) is 0.753. The Hall–Kier alpha value is -1.48. The highest BCUT2D eigenvalue weighted by Gasteiger charge is 2.48. The number of fused-ring (bicyclic) bond motifs is 1. The summed E-state index contributed by atoms with van der Waals surface area (Å²) < 4.78 is 56.6. The highest BCUT2D eigenvalue weighted by atomic mass is 33.1. The molecule has 0 amide bonds. The van der Waals surface area contributed by atoms with Gasteiger partial charge in [0.1, 0.15) is 11.0 Å². The molecule has 0 fully saturated rings. The Morgan fingerprint density at radius 1 is 1.22 bits per heavy atom. The zero-order valence-corrected chi connectivity index (χ0v) is 17.2. The first-order chi connectivity index (χ1) is 12.6. The van der Waals surface area contributed by atoms with Gasteiger partial charge in [-0.2, -0.15) is 12.9 Å². The van der Waals surface area contributed by atoms with E-state index in [4.69, 9.17) is 0 Å². The van der Waals surface area contributed by atoms with E-state index in [9.17, 15) is 8.42 Å². The lowest BCUT2D eigenvalue weighted by molar-refractivity contribution is -0.0920. The fraction of sp³-hybridized carbons (Fsp3) is 0.556. The molecular formula is C18H23F2N3O2S2. The normalized spacial score (nSPS) is 20.1. The molecule has 1 aliphatic carbocycles. The molecule has 2 aromatic rings. The van der Waals surface area contributed by atoms with Gasteiger partial charge in [-0.25, -0.2) is 8.42 Å². The van der Waals surface area contributed by atoms with Crippen molar-refractivity contribution < 1.29 is 17.2 Å². The third-order valence-electron chi connectivity index (χ3n) is 4.97. The number of halogens is 2. The smallest absolute Gasteiger partial charge is 0.210 e. The molecule has 1 aromatic heterocycles. The number of aryl methyl sites for hydroxylation is 1. The first-order valence-electron chi connectivity index (χ1n) is 8.97. The largest absolute Gasteiger partial charge is 0.296 e. The topological polar surface area (TPSA) is 64.8 Å². The van der Waals surface area contributed by atoms with Crippen LogP contribution in [0.4, 0.5) is 8.78 Å². The SMILES string of the molecule is Cc1ccc(S(=O)(=O)Sn2nnc3c2CCCCC(C(C)C)C3(F)F)cc1. The molecule has 1 unspecified atom stereocenters. The number of nitrogens with zero attached hydrogens (tertiary/aromatic N) is 3. The van der Waals surface area contributed by atoms with Crippen LogP contribution in [-0.4, -0.2) is 22.8 Å². The summed E-state index contributed by atoms with van der Waals surface area (Å²) in [4.78, 5) is 0.111. The second kappa shape index (κ2) is 7.50. The fourth-order valence-corrected chi connectivity index (χ4v) is 6.01. The lowest BCUT2D eigenvalue weighted by Gasteiger charge is -2.30. The number of rotatable bonds is 4. The Morgan fingerprint density at radius 3 is 2.52 bits per heavy atom. The highest BCUT2D eigenvalue weighted by molar-refractivity contribution is 8.71. The monoisotopic (exact) mass is 415 g/mol. The van der Waals surface area contributed by atoms with Crippen molar-refractivity contribution in [2.24, 2.45) is 11.8 Å². The third-order valence-corrected chi connectivity index (χ3v) is 8.04. The van der Waals surface area contributed by atoms with Crippen molar-refractivity contribution in [3.63, 3.8) is 0 Å². The van der Waals surface area contributed by atoms with Crippen molar-refractivity contribution in [3.8, 4) is 0 Å². The number of aromatic nitrogens is 3. The van der Waals surface area contributed by atoms with Crippen LogP contribution in [0.5, 0.6) is 0 Å². The van der Waals surface area contributed by atoms with Crippen LogP contribution in [-0.2, 0) is 21.2 Å². The van der Waals surface area contributed by atoms with Gasteiger partial charge < -0.3 is 0 Å². The second-order valence-corrected chi connectivity index (χ2v) is 11.0. The van der Waals surface area contributed by atoms with E-state index >= 15 is 8.78 Å². The van der Waals surface area contributed by atoms with Crippen LogP contribution in [0.15, 0.2) is 29.2 Å². The van der Waals surface area contributed by atoms with Crippen molar-refractivity contribution in [2.45, 2.75) is 57.3 Å². The van der Waals surface area contributed by atoms with E-state index in [1.54, 1.807) is 26.0 Å². The number of hydrogen-bond donors (Lipinski definition) is 0. The zero-order valence-electron chi connectivity index (χ0n) is 15.5. The molecule has 0 spiro atoms. The number of hydrogen-bond acceptors (Lipinski definition) is 5. The van der Waals surface area contributed by atoms with Gasteiger partial charge in [0, 0.05) is 5.92 Å². The number of benzene rings is 1. The first-order valence-corrected chi connectivity index (χ1v) is 11.7. The van der Waals surface area contributed by atoms with Crippen LogP contribution in [0.25, 0.3) is 0 Å². The van der Waals surface area contributed by atoms with E-state index < -0.39 is 20.7 Å². The maximum absolute atomic E-state index is 15.1. The second-order valence-electron chi connectivity index (χ2n) is 7.32. The van der Waals surface area contributed by atoms with Gasteiger partial charge in [-0.05, 0) is 44.2 Å². The molecule has 0 radical (unpaired) electrons. The summed E-state index contributed by atoms with van der Waals surface area (Å²) in [5, 5.41) is 7.48. The summed E-state index contributed by atoms with van der Waals surface area (Å²) in [6.07, 6.45) is 2.12. The van der Waals surface area contributed by atoms with Gasteiger partial charge in [0.05, 0.1) is 10.6 Å². The minimum absolute atomic E-state index is 0.111. The Balaban J connectivity index is 1.98. The maximum Gasteiger partial charge on any atom is 0.296 e. The van der Waals surface area contributed by atoms with Crippen LogP contribution in [0.2, 0.25) is 0 Å². The van der Waals surface area contributed by atoms with E-state index in [0.29, 0.717) is 36.7 Å². The predicted octanol–water partition coefficient (Wildman–Crippen LogP) is 4.56. The van der Waals surface area contributed by atoms with Crippen LogP contribution in [0, 0.1) is 18.8 Å². The molecular weight excluding hydrogens is 392 g/mol. The van der Waals surface area contributed by atoms with Gasteiger partial charge in [0.15, 0.2) is 5.69 Å². The summed E-state index contributed by atoms with van der Waals surface area (Å²) in [7, 11) is -3.35. The van der Waals surface area contributed by atoms with Crippen LogP contribution >= 0.6 is 11.0 Å². The van der Waals surface area contributed by atoms with Gasteiger partial charge in [-0.3, -0.25) is 0 Å². The predicted molar refractivity (Wildman–Crippen MR) is 101 cm³/mol. The van der Waals surface area contributed by atoms with Crippen molar-refractivity contribution in [3.05, 3.63) is 41.2 Å². The minimum atomic E-state index is -3.79. The van der Waals surface area contributed by atoms with Gasteiger partial charge in [0.25, 0.3) is 14.8 Å². The molecule has 9 heteroatoms. The molecule has 1 aromatic carbocycles. The molecule has 0 saturated carbocycles. The molecule has 5 nitrogen and oxygen atoms in total. The molecule has 1 heterocycles. The third kappa shape index (κ3) is 4.03. The first kappa shape index (κ1) is 20.3.